The third-order valence-electron chi connectivity index (χ3n) is 2.53. The zero-order valence-corrected chi connectivity index (χ0v) is 9.46. The summed E-state index contributed by atoms with van der Waals surface area (Å²) in [5.41, 5.74) is 0. The number of ether oxygens (including phenoxy) is 1. The van der Waals surface area contributed by atoms with Gasteiger partial charge >= 0.3 is 0 Å². The van der Waals surface area contributed by atoms with Crippen LogP contribution in [0, 0.1) is 0 Å². The normalized spacial score (nSPS) is 25.1. The highest BCUT2D eigenvalue weighted by Crippen LogP contribution is 2.12. The largest absolute Gasteiger partial charge is 0.486 e. The lowest BCUT2D eigenvalue weighted by Gasteiger charge is -2.26. The quantitative estimate of drug-likeness (QED) is 0.356. The van der Waals surface area contributed by atoms with E-state index in [4.69, 9.17) is 14.9 Å². The summed E-state index contributed by atoms with van der Waals surface area (Å²) in [6, 6.07) is 0. The van der Waals surface area contributed by atoms with Crippen LogP contribution in [0.3, 0.4) is 0 Å². The lowest BCUT2D eigenvalue weighted by Crippen LogP contribution is -2.50. The first-order valence-electron chi connectivity index (χ1n) is 5.34. The molecule has 0 saturated carbocycles. The second kappa shape index (κ2) is 6.62. The molecule has 1 aliphatic rings. The molecule has 0 aromatic carbocycles. The SMILES string of the molecule is O=C(C1C=CC=CO1)[C@H](O)[C@@H](O)[C@@H](O)[C@H](O)CO. The molecule has 5 N–H and O–H groups in total. The van der Waals surface area contributed by atoms with Crippen molar-refractivity contribution in [3.63, 3.8) is 0 Å². The predicted octanol–water partition coefficient (Wildman–Crippen LogP) is -2.54. The number of hydrogen-bond donors (Lipinski definition) is 5. The van der Waals surface area contributed by atoms with Crippen LogP contribution in [0.4, 0.5) is 0 Å². The van der Waals surface area contributed by atoms with Crippen molar-refractivity contribution in [1.29, 1.82) is 0 Å². The Balaban J connectivity index is 2.62. The van der Waals surface area contributed by atoms with E-state index in [0.29, 0.717) is 0 Å². The standard InChI is InChI=1S/C11H16O7/c12-5-6(13)8(14)10(16)11(17)9(15)7-3-1-2-4-18-7/h1-4,6-8,10-14,16-17H,5H2/t6-,7?,8+,10+,11+/m1/s1. The van der Waals surface area contributed by atoms with Crippen LogP contribution in [0.2, 0.25) is 0 Å². The van der Waals surface area contributed by atoms with Crippen molar-refractivity contribution in [2.75, 3.05) is 6.61 Å². The number of rotatable bonds is 6. The monoisotopic (exact) mass is 260 g/mol. The molecule has 1 rings (SSSR count). The van der Waals surface area contributed by atoms with E-state index >= 15 is 0 Å². The molecule has 0 radical (unpaired) electrons. The number of Topliss-reactive ketones (excluding diaryl/α,β-unsaturated/α-hetero) is 1. The minimum Gasteiger partial charge on any atom is -0.486 e. The van der Waals surface area contributed by atoms with Crippen LogP contribution in [0.25, 0.3) is 0 Å². The molecule has 0 bridgehead atoms. The van der Waals surface area contributed by atoms with E-state index in [1.807, 2.05) is 0 Å². The Hall–Kier alpha value is -1.25. The first-order valence-corrected chi connectivity index (χ1v) is 5.34. The van der Waals surface area contributed by atoms with Gasteiger partial charge in [-0.3, -0.25) is 4.79 Å². The van der Waals surface area contributed by atoms with Gasteiger partial charge in [0.15, 0.2) is 6.10 Å². The minimum absolute atomic E-state index is 0.804. The molecule has 1 unspecified atom stereocenters. The average Bonchev–Trinajstić information content (AvgIpc) is 2.44. The van der Waals surface area contributed by atoms with Crippen LogP contribution in [0.1, 0.15) is 0 Å². The molecule has 7 heteroatoms. The van der Waals surface area contributed by atoms with Crippen molar-refractivity contribution in [2.45, 2.75) is 30.5 Å². The maximum absolute atomic E-state index is 11.7. The van der Waals surface area contributed by atoms with Gasteiger partial charge in [-0.2, -0.15) is 0 Å². The van der Waals surface area contributed by atoms with E-state index in [-0.39, 0.29) is 0 Å². The average molecular weight is 260 g/mol. The fraction of sp³-hybridized carbons (Fsp3) is 0.545. The van der Waals surface area contributed by atoms with Gasteiger partial charge in [0.1, 0.15) is 24.4 Å². The molecule has 1 aliphatic heterocycles. The van der Waals surface area contributed by atoms with Gasteiger partial charge in [-0.05, 0) is 12.2 Å². The summed E-state index contributed by atoms with van der Waals surface area (Å²) in [6.07, 6.45) is -2.69. The van der Waals surface area contributed by atoms with Crippen LogP contribution in [-0.2, 0) is 9.53 Å². The summed E-state index contributed by atoms with van der Waals surface area (Å²) in [5, 5.41) is 46.1. The summed E-state index contributed by atoms with van der Waals surface area (Å²) in [6.45, 7) is -0.804. The Morgan fingerprint density at radius 2 is 1.83 bits per heavy atom. The van der Waals surface area contributed by atoms with Crippen LogP contribution >= 0.6 is 0 Å². The van der Waals surface area contributed by atoms with E-state index in [1.165, 1.54) is 24.5 Å². The highest BCUT2D eigenvalue weighted by atomic mass is 16.5. The van der Waals surface area contributed by atoms with Crippen LogP contribution in [0.15, 0.2) is 24.5 Å². The molecular weight excluding hydrogens is 244 g/mol. The Morgan fingerprint density at radius 1 is 1.17 bits per heavy atom. The number of carbonyl (C=O) groups excluding carboxylic acids is 1. The summed E-state index contributed by atoms with van der Waals surface area (Å²) >= 11 is 0. The second-order valence-corrected chi connectivity index (χ2v) is 3.85. The van der Waals surface area contributed by atoms with E-state index in [1.54, 1.807) is 0 Å². The smallest absolute Gasteiger partial charge is 0.208 e. The van der Waals surface area contributed by atoms with Crippen molar-refractivity contribution in [2.24, 2.45) is 0 Å². The molecule has 5 atom stereocenters. The molecule has 0 aromatic heterocycles. The minimum atomic E-state index is -1.93. The topological polar surface area (TPSA) is 127 Å². The third kappa shape index (κ3) is 3.37. The molecule has 0 aromatic rings. The Morgan fingerprint density at radius 3 is 2.33 bits per heavy atom. The summed E-state index contributed by atoms with van der Waals surface area (Å²) in [5.74, 6) is -0.854. The van der Waals surface area contributed by atoms with Gasteiger partial charge in [-0.1, -0.05) is 6.08 Å². The molecule has 0 spiro atoms. The van der Waals surface area contributed by atoms with Crippen LogP contribution in [0.5, 0.6) is 0 Å². The number of aliphatic hydroxyl groups excluding tert-OH is 5. The number of allylic oxidation sites excluding steroid dienone is 2. The van der Waals surface area contributed by atoms with Crippen molar-refractivity contribution in [1.82, 2.24) is 0 Å². The summed E-state index contributed by atoms with van der Waals surface area (Å²) < 4.78 is 4.90. The van der Waals surface area contributed by atoms with Gasteiger partial charge in [-0.25, -0.2) is 0 Å². The highest BCUT2D eigenvalue weighted by molar-refractivity contribution is 5.89. The van der Waals surface area contributed by atoms with Crippen LogP contribution in [-0.4, -0.2) is 68.4 Å². The van der Waals surface area contributed by atoms with Gasteiger partial charge in [0.05, 0.1) is 12.9 Å². The second-order valence-electron chi connectivity index (χ2n) is 3.85. The summed E-state index contributed by atoms with van der Waals surface area (Å²) in [7, 11) is 0. The molecule has 1 heterocycles. The van der Waals surface area contributed by atoms with E-state index < -0.39 is 42.9 Å². The first kappa shape index (κ1) is 14.8. The number of hydrogen-bond acceptors (Lipinski definition) is 7. The Bertz CT molecular complexity index is 338. The zero-order chi connectivity index (χ0) is 13.7. The Labute approximate surface area is 103 Å². The molecule has 0 aliphatic carbocycles. The van der Waals surface area contributed by atoms with Gasteiger partial charge in [0, 0.05) is 0 Å². The Kier molecular flexibility index (Phi) is 5.45. The van der Waals surface area contributed by atoms with E-state index in [2.05, 4.69) is 0 Å². The number of ketones is 1. The fourth-order valence-corrected chi connectivity index (χ4v) is 1.41. The first-order chi connectivity index (χ1) is 8.49. The zero-order valence-electron chi connectivity index (χ0n) is 9.46. The van der Waals surface area contributed by atoms with Crippen LogP contribution < -0.4 is 0 Å². The maximum atomic E-state index is 11.7. The van der Waals surface area contributed by atoms with Gasteiger partial charge in [-0.15, -0.1) is 0 Å². The van der Waals surface area contributed by atoms with Crippen molar-refractivity contribution < 1.29 is 35.1 Å². The maximum Gasteiger partial charge on any atom is 0.208 e. The molecule has 18 heavy (non-hydrogen) atoms. The predicted molar refractivity (Wildman–Crippen MR) is 59.3 cm³/mol. The van der Waals surface area contributed by atoms with E-state index in [0.717, 1.165) is 0 Å². The lowest BCUT2D eigenvalue weighted by molar-refractivity contribution is -0.152. The van der Waals surface area contributed by atoms with Crippen molar-refractivity contribution >= 4 is 5.78 Å². The summed E-state index contributed by atoms with van der Waals surface area (Å²) in [4.78, 5) is 11.7. The van der Waals surface area contributed by atoms with Gasteiger partial charge in [0.2, 0.25) is 5.78 Å². The molecule has 0 fully saturated rings. The molecule has 7 nitrogen and oxygen atoms in total. The van der Waals surface area contributed by atoms with Crippen molar-refractivity contribution in [3.05, 3.63) is 24.5 Å². The van der Waals surface area contributed by atoms with E-state index in [9.17, 15) is 20.1 Å². The third-order valence-corrected chi connectivity index (χ3v) is 2.53. The highest BCUT2D eigenvalue weighted by Gasteiger charge is 2.37. The number of aliphatic hydroxyl groups is 5. The molecular formula is C11H16O7. The lowest BCUT2D eigenvalue weighted by atomic mass is 9.97. The van der Waals surface area contributed by atoms with Gasteiger partial charge < -0.3 is 30.3 Å². The fourth-order valence-electron chi connectivity index (χ4n) is 1.41. The molecule has 102 valence electrons. The van der Waals surface area contributed by atoms with Gasteiger partial charge in [0.25, 0.3) is 0 Å². The molecule has 0 amide bonds. The van der Waals surface area contributed by atoms with Crippen molar-refractivity contribution in [3.8, 4) is 0 Å². The number of carbonyl (C=O) groups is 1. The molecule has 0 saturated heterocycles.